The van der Waals surface area contributed by atoms with E-state index in [-0.39, 0.29) is 5.92 Å². The van der Waals surface area contributed by atoms with Crippen molar-refractivity contribution in [1.82, 2.24) is 10.2 Å². The fourth-order valence-electron chi connectivity index (χ4n) is 4.17. The Morgan fingerprint density at radius 3 is 2.40 bits per heavy atom. The van der Waals surface area contributed by atoms with Gasteiger partial charge in [0.25, 0.3) is 0 Å². The Balaban J connectivity index is 1.42. The maximum Gasteiger partial charge on any atom is 0.223 e. The minimum atomic E-state index is 0.212. The van der Waals surface area contributed by atoms with Crippen LogP contribution in [0.4, 0.5) is 0 Å². The fourth-order valence-corrected chi connectivity index (χ4v) is 4.61. The Bertz CT molecular complexity index is 547. The van der Waals surface area contributed by atoms with E-state index in [1.54, 1.807) is 0 Å². The summed E-state index contributed by atoms with van der Waals surface area (Å²) in [5.41, 5.74) is 1.34. The summed E-state index contributed by atoms with van der Waals surface area (Å²) in [6.45, 7) is 3.03. The van der Waals surface area contributed by atoms with Crippen molar-refractivity contribution in [2.75, 3.05) is 13.1 Å². The second-order valence-corrected chi connectivity index (χ2v) is 8.65. The van der Waals surface area contributed by atoms with Gasteiger partial charge >= 0.3 is 0 Å². The molecule has 1 aromatic carbocycles. The normalized spacial score (nSPS) is 21.5. The van der Waals surface area contributed by atoms with Gasteiger partial charge in [-0.25, -0.2) is 0 Å². The average molecular weight is 407 g/mol. The van der Waals surface area contributed by atoms with Crippen LogP contribution in [0.25, 0.3) is 0 Å². The van der Waals surface area contributed by atoms with Crippen LogP contribution in [0, 0.1) is 5.92 Å². The lowest BCUT2D eigenvalue weighted by atomic mass is 9.93. The topological polar surface area (TPSA) is 32.3 Å². The molecule has 25 heavy (non-hydrogen) atoms. The molecule has 0 aromatic heterocycles. The molecule has 2 aliphatic rings. The summed E-state index contributed by atoms with van der Waals surface area (Å²) in [4.78, 5) is 15.1. The molecule has 1 aliphatic carbocycles. The minimum absolute atomic E-state index is 0.212. The minimum Gasteiger partial charge on any atom is -0.353 e. The molecule has 1 N–H and O–H groups in total. The van der Waals surface area contributed by atoms with Crippen molar-refractivity contribution >= 4 is 21.8 Å². The number of benzene rings is 1. The van der Waals surface area contributed by atoms with E-state index in [1.807, 2.05) is 0 Å². The van der Waals surface area contributed by atoms with Crippen LogP contribution in [-0.4, -0.2) is 29.9 Å². The maximum atomic E-state index is 12.6. The zero-order valence-corrected chi connectivity index (χ0v) is 16.8. The van der Waals surface area contributed by atoms with Gasteiger partial charge in [-0.1, -0.05) is 60.2 Å². The van der Waals surface area contributed by atoms with Gasteiger partial charge in [0.2, 0.25) is 5.91 Å². The molecule has 0 spiro atoms. The third-order valence-corrected chi connectivity index (χ3v) is 6.20. The van der Waals surface area contributed by atoms with Gasteiger partial charge in [-0.15, -0.1) is 0 Å². The second kappa shape index (κ2) is 9.72. The highest BCUT2D eigenvalue weighted by molar-refractivity contribution is 9.10. The maximum absolute atomic E-state index is 12.6. The van der Waals surface area contributed by atoms with Crippen molar-refractivity contribution in [3.8, 4) is 0 Å². The van der Waals surface area contributed by atoms with E-state index in [4.69, 9.17) is 0 Å². The quantitative estimate of drug-likeness (QED) is 0.771. The Kier molecular flexibility index (Phi) is 7.35. The first kappa shape index (κ1) is 18.9. The van der Waals surface area contributed by atoms with E-state index in [0.29, 0.717) is 11.9 Å². The molecule has 138 valence electrons. The number of rotatable bonds is 4. The molecule has 1 amide bonds. The molecule has 1 aromatic rings. The van der Waals surface area contributed by atoms with Gasteiger partial charge < -0.3 is 5.32 Å². The van der Waals surface area contributed by atoms with Gasteiger partial charge in [0, 0.05) is 23.0 Å². The van der Waals surface area contributed by atoms with E-state index >= 15 is 0 Å². The van der Waals surface area contributed by atoms with Gasteiger partial charge in [0.05, 0.1) is 0 Å². The van der Waals surface area contributed by atoms with Gasteiger partial charge in [0.15, 0.2) is 0 Å². The summed E-state index contributed by atoms with van der Waals surface area (Å²) in [6, 6.07) is 8.95. The molecule has 3 rings (SSSR count). The van der Waals surface area contributed by atoms with Crippen molar-refractivity contribution in [3.63, 3.8) is 0 Å². The van der Waals surface area contributed by atoms with Crippen molar-refractivity contribution in [2.45, 2.75) is 70.4 Å². The van der Waals surface area contributed by atoms with Crippen molar-refractivity contribution in [2.24, 2.45) is 5.92 Å². The summed E-state index contributed by atoms with van der Waals surface area (Å²) < 4.78 is 1.14. The predicted octanol–water partition coefficient (Wildman–Crippen LogP) is 4.89. The molecule has 1 aliphatic heterocycles. The van der Waals surface area contributed by atoms with Crippen LogP contribution in [0.3, 0.4) is 0 Å². The van der Waals surface area contributed by atoms with E-state index < -0.39 is 0 Å². The molecule has 0 radical (unpaired) electrons. The molecule has 1 saturated heterocycles. The number of hydrogen-bond acceptors (Lipinski definition) is 2. The van der Waals surface area contributed by atoms with Crippen LogP contribution in [-0.2, 0) is 11.3 Å². The number of halogens is 1. The van der Waals surface area contributed by atoms with E-state index in [9.17, 15) is 4.79 Å². The number of nitrogens with zero attached hydrogens (tertiary/aromatic N) is 1. The van der Waals surface area contributed by atoms with Gasteiger partial charge in [-0.3, -0.25) is 9.69 Å². The zero-order valence-electron chi connectivity index (χ0n) is 15.2. The lowest BCUT2D eigenvalue weighted by Gasteiger charge is -2.32. The van der Waals surface area contributed by atoms with Crippen LogP contribution in [0.5, 0.6) is 0 Å². The number of carbonyl (C=O) groups is 1. The van der Waals surface area contributed by atoms with Crippen LogP contribution in [0.15, 0.2) is 28.7 Å². The summed E-state index contributed by atoms with van der Waals surface area (Å²) in [6.07, 6.45) is 10.9. The highest BCUT2D eigenvalue weighted by Crippen LogP contribution is 2.22. The highest BCUT2D eigenvalue weighted by Gasteiger charge is 2.26. The fraction of sp³-hybridized carbons (Fsp3) is 0.667. The third-order valence-electron chi connectivity index (χ3n) is 5.71. The van der Waals surface area contributed by atoms with Crippen molar-refractivity contribution in [1.29, 1.82) is 0 Å². The molecule has 4 heteroatoms. The molecule has 3 nitrogen and oxygen atoms in total. The van der Waals surface area contributed by atoms with Crippen LogP contribution < -0.4 is 5.32 Å². The summed E-state index contributed by atoms with van der Waals surface area (Å²) in [7, 11) is 0. The first-order valence-corrected chi connectivity index (χ1v) is 10.8. The summed E-state index contributed by atoms with van der Waals surface area (Å²) in [5.74, 6) is 0.525. The van der Waals surface area contributed by atoms with E-state index in [0.717, 1.165) is 36.9 Å². The molecule has 1 saturated carbocycles. The molecule has 0 bridgehead atoms. The van der Waals surface area contributed by atoms with Crippen LogP contribution in [0.2, 0.25) is 0 Å². The first-order chi connectivity index (χ1) is 12.2. The lowest BCUT2D eigenvalue weighted by Crippen LogP contribution is -2.43. The van der Waals surface area contributed by atoms with Gasteiger partial charge in [-0.05, 0) is 56.5 Å². The summed E-state index contributed by atoms with van der Waals surface area (Å²) >= 11 is 3.54. The average Bonchev–Trinajstić information content (AvgIpc) is 2.58. The number of carbonyl (C=O) groups excluding carboxylic acids is 1. The molecular formula is C21H31BrN2O. The Hall–Kier alpha value is -0.870. The monoisotopic (exact) mass is 406 g/mol. The smallest absolute Gasteiger partial charge is 0.223 e. The SMILES string of the molecule is O=C(NC1CCCCCCC1)C1CCN(Cc2cccc(Br)c2)CC1. The Morgan fingerprint density at radius 2 is 1.72 bits per heavy atom. The molecule has 0 unspecified atom stereocenters. The molecule has 0 atom stereocenters. The third kappa shape index (κ3) is 6.10. The Morgan fingerprint density at radius 1 is 1.04 bits per heavy atom. The van der Waals surface area contributed by atoms with Crippen LogP contribution in [0.1, 0.15) is 63.4 Å². The predicted molar refractivity (Wildman–Crippen MR) is 106 cm³/mol. The molecule has 2 fully saturated rings. The van der Waals surface area contributed by atoms with Gasteiger partial charge in [-0.2, -0.15) is 0 Å². The zero-order chi connectivity index (χ0) is 17.5. The number of piperidine rings is 1. The number of hydrogen-bond donors (Lipinski definition) is 1. The second-order valence-electron chi connectivity index (χ2n) is 7.73. The summed E-state index contributed by atoms with van der Waals surface area (Å²) in [5, 5.41) is 3.36. The first-order valence-electron chi connectivity index (χ1n) is 9.98. The van der Waals surface area contributed by atoms with Crippen molar-refractivity contribution < 1.29 is 4.79 Å². The van der Waals surface area contributed by atoms with E-state index in [2.05, 4.69) is 50.4 Å². The highest BCUT2D eigenvalue weighted by atomic mass is 79.9. The number of likely N-dealkylation sites (tertiary alicyclic amines) is 1. The molecule has 1 heterocycles. The van der Waals surface area contributed by atoms with Gasteiger partial charge in [0.1, 0.15) is 0 Å². The molecular weight excluding hydrogens is 376 g/mol. The van der Waals surface area contributed by atoms with Crippen LogP contribution >= 0.6 is 15.9 Å². The standard InChI is InChI=1S/C21H31BrN2O/c22-19-8-6-7-17(15-19)16-24-13-11-18(12-14-24)21(25)23-20-9-4-2-1-3-5-10-20/h6-8,15,18,20H,1-5,9-14,16H2,(H,23,25). The van der Waals surface area contributed by atoms with Crippen molar-refractivity contribution in [3.05, 3.63) is 34.3 Å². The number of nitrogens with one attached hydrogen (secondary N) is 1. The number of amides is 1. The lowest BCUT2D eigenvalue weighted by molar-refractivity contribution is -0.127. The Labute approximate surface area is 160 Å². The largest absolute Gasteiger partial charge is 0.353 e. The van der Waals surface area contributed by atoms with E-state index in [1.165, 1.54) is 50.5 Å².